The Morgan fingerprint density at radius 1 is 0.646 bits per heavy atom. The van der Waals surface area contributed by atoms with Crippen LogP contribution in [0.25, 0.3) is 0 Å². The van der Waals surface area contributed by atoms with Crippen molar-refractivity contribution in [3.8, 4) is 11.5 Å². The standard InChI is InChI=1S/C38H51N5O5/c1-6-25-26(7-2)36-22-40-34-20-38(48-16-10-15-46)37(47-5)19-33(34)39-21-35-24(4)28(12-9-14-45)31(42-35)17-29-23(3)27(11-8-13-44)32(41-29)18-30(25)43-36/h19-22,41-46H,6-18H2,1-5H3. The Morgan fingerprint density at radius 2 is 1.19 bits per heavy atom. The van der Waals surface area contributed by atoms with Gasteiger partial charge in [0.05, 0.1) is 48.9 Å². The van der Waals surface area contributed by atoms with Crippen LogP contribution in [0, 0.1) is 13.8 Å². The molecule has 1 aromatic carbocycles. The molecule has 4 heterocycles. The summed E-state index contributed by atoms with van der Waals surface area (Å²) in [6.07, 6.45) is 10.3. The zero-order chi connectivity index (χ0) is 34.2. The second-order valence-corrected chi connectivity index (χ2v) is 12.4. The SMILES string of the molecule is CCc1c2[nH]c(c1CC)Cc1[nH]c(c(C)c1CCCO)Cc1[nH]c(c(C)c1CCCO)C=Nc1cc(OC)c(OCCCO)cc1N=C2. The predicted molar refractivity (Wildman–Crippen MR) is 192 cm³/mol. The molecule has 6 N–H and O–H groups in total. The Morgan fingerprint density at radius 3 is 1.81 bits per heavy atom. The van der Waals surface area contributed by atoms with Crippen LogP contribution < -0.4 is 9.47 Å². The first-order valence-electron chi connectivity index (χ1n) is 17.2. The number of rotatable bonds is 13. The van der Waals surface area contributed by atoms with Gasteiger partial charge in [-0.05, 0) is 85.8 Å². The fourth-order valence-corrected chi connectivity index (χ4v) is 6.91. The normalized spacial score (nSPS) is 12.8. The monoisotopic (exact) mass is 657 g/mol. The molecule has 0 atom stereocenters. The molecular formula is C38H51N5O5. The van der Waals surface area contributed by atoms with Gasteiger partial charge in [-0.3, -0.25) is 9.98 Å². The number of nitrogens with zero attached hydrogens (tertiary/aromatic N) is 2. The van der Waals surface area contributed by atoms with E-state index in [9.17, 15) is 15.3 Å². The van der Waals surface area contributed by atoms with Crippen molar-refractivity contribution in [1.82, 2.24) is 15.0 Å². The Labute approximate surface area is 283 Å². The molecule has 258 valence electrons. The average molecular weight is 658 g/mol. The number of hydrogen-bond donors (Lipinski definition) is 6. The Bertz CT molecular complexity index is 1760. The number of nitrogens with one attached hydrogen (secondary N) is 3. The van der Waals surface area contributed by atoms with Gasteiger partial charge in [-0.1, -0.05) is 13.8 Å². The van der Waals surface area contributed by atoms with Gasteiger partial charge < -0.3 is 39.7 Å². The lowest BCUT2D eigenvalue weighted by atomic mass is 9.97. The third kappa shape index (κ3) is 7.46. The Balaban J connectivity index is 1.73. The third-order valence-corrected chi connectivity index (χ3v) is 9.49. The molecule has 1 aliphatic rings. The van der Waals surface area contributed by atoms with Crippen LogP contribution in [0.4, 0.5) is 11.4 Å². The molecule has 0 amide bonds. The van der Waals surface area contributed by atoms with E-state index in [0.29, 0.717) is 55.2 Å². The van der Waals surface area contributed by atoms with Gasteiger partial charge in [0.25, 0.3) is 0 Å². The van der Waals surface area contributed by atoms with Crippen molar-refractivity contribution < 1.29 is 24.8 Å². The number of aromatic amines is 3. The lowest BCUT2D eigenvalue weighted by Gasteiger charge is -2.12. The van der Waals surface area contributed by atoms with Gasteiger partial charge in [-0.15, -0.1) is 0 Å². The molecule has 10 heteroatoms. The number of aliphatic hydroxyl groups is 3. The van der Waals surface area contributed by atoms with E-state index in [0.717, 1.165) is 60.4 Å². The molecule has 0 fully saturated rings. The number of aliphatic imine (C=N–C) groups is 2. The van der Waals surface area contributed by atoms with E-state index in [1.807, 2.05) is 24.6 Å². The summed E-state index contributed by atoms with van der Waals surface area (Å²) in [4.78, 5) is 21.1. The van der Waals surface area contributed by atoms with E-state index in [2.05, 4.69) is 42.6 Å². The highest BCUT2D eigenvalue weighted by atomic mass is 16.5. The Kier molecular flexibility index (Phi) is 12.0. The van der Waals surface area contributed by atoms with Crippen LogP contribution in [0.2, 0.25) is 0 Å². The van der Waals surface area contributed by atoms with Gasteiger partial charge in [0.1, 0.15) is 0 Å². The van der Waals surface area contributed by atoms with Crippen molar-refractivity contribution in [2.75, 3.05) is 33.5 Å². The third-order valence-electron chi connectivity index (χ3n) is 9.49. The number of hydrogen-bond acceptors (Lipinski definition) is 7. The minimum absolute atomic E-state index is 0.0361. The second-order valence-electron chi connectivity index (χ2n) is 12.4. The number of fused-ring (bicyclic) bond motifs is 7. The molecule has 3 aromatic heterocycles. The van der Waals surface area contributed by atoms with Crippen LogP contribution in [0.5, 0.6) is 11.5 Å². The molecule has 0 saturated carbocycles. The van der Waals surface area contributed by atoms with E-state index in [-0.39, 0.29) is 19.8 Å². The van der Waals surface area contributed by atoms with Crippen LogP contribution in [0.1, 0.15) is 101 Å². The zero-order valence-corrected chi connectivity index (χ0v) is 29.1. The zero-order valence-electron chi connectivity index (χ0n) is 29.1. The van der Waals surface area contributed by atoms with Crippen molar-refractivity contribution in [3.63, 3.8) is 0 Å². The fourth-order valence-electron chi connectivity index (χ4n) is 6.91. The summed E-state index contributed by atoms with van der Waals surface area (Å²) in [5, 5.41) is 28.8. The van der Waals surface area contributed by atoms with Gasteiger partial charge in [0.2, 0.25) is 0 Å². The van der Waals surface area contributed by atoms with E-state index >= 15 is 0 Å². The topological polar surface area (TPSA) is 151 Å². The van der Waals surface area contributed by atoms with E-state index in [1.54, 1.807) is 7.11 Å². The largest absolute Gasteiger partial charge is 0.493 e. The van der Waals surface area contributed by atoms with Crippen molar-refractivity contribution >= 4 is 23.8 Å². The maximum Gasteiger partial charge on any atom is 0.163 e. The molecule has 1 aliphatic heterocycles. The summed E-state index contributed by atoms with van der Waals surface area (Å²) < 4.78 is 11.7. The number of ether oxygens (including phenoxy) is 2. The molecule has 10 nitrogen and oxygen atoms in total. The van der Waals surface area contributed by atoms with Gasteiger partial charge in [-0.2, -0.15) is 0 Å². The molecule has 0 unspecified atom stereocenters. The fraction of sp³-hybridized carbons (Fsp3) is 0.474. The van der Waals surface area contributed by atoms with Crippen molar-refractivity contribution in [2.24, 2.45) is 9.98 Å². The van der Waals surface area contributed by atoms with E-state index < -0.39 is 0 Å². The van der Waals surface area contributed by atoms with Gasteiger partial charge >= 0.3 is 0 Å². The molecule has 0 radical (unpaired) electrons. The summed E-state index contributed by atoms with van der Waals surface area (Å²) in [6.45, 7) is 9.31. The molecule has 5 rings (SSSR count). The minimum atomic E-state index is 0.0361. The second kappa shape index (κ2) is 16.3. The first kappa shape index (κ1) is 35.2. The molecule has 48 heavy (non-hydrogen) atoms. The van der Waals surface area contributed by atoms with Crippen LogP contribution in [-0.4, -0.2) is 76.2 Å². The van der Waals surface area contributed by atoms with Crippen LogP contribution in [0.3, 0.4) is 0 Å². The lowest BCUT2D eigenvalue weighted by molar-refractivity contribution is 0.228. The molecule has 0 spiro atoms. The van der Waals surface area contributed by atoms with Gasteiger partial charge in [0, 0.05) is 74.0 Å². The summed E-state index contributed by atoms with van der Waals surface area (Å²) in [6, 6.07) is 3.69. The number of aromatic nitrogens is 3. The summed E-state index contributed by atoms with van der Waals surface area (Å²) >= 11 is 0. The van der Waals surface area contributed by atoms with Crippen molar-refractivity contribution in [2.45, 2.75) is 85.5 Å². The molecule has 0 aliphatic carbocycles. The molecule has 4 aromatic rings. The smallest absolute Gasteiger partial charge is 0.163 e. The maximum atomic E-state index is 9.74. The summed E-state index contributed by atoms with van der Waals surface area (Å²) in [5.74, 6) is 1.08. The van der Waals surface area contributed by atoms with Gasteiger partial charge in [0.15, 0.2) is 11.5 Å². The number of benzene rings is 1. The Hall–Kier alpha value is -4.12. The quantitative estimate of drug-likeness (QED) is 0.0855. The van der Waals surface area contributed by atoms with Crippen LogP contribution >= 0.6 is 0 Å². The molecule has 6 bridgehead atoms. The van der Waals surface area contributed by atoms with Crippen LogP contribution in [-0.2, 0) is 38.5 Å². The van der Waals surface area contributed by atoms with Gasteiger partial charge in [-0.25, -0.2) is 0 Å². The maximum absolute atomic E-state index is 9.74. The van der Waals surface area contributed by atoms with Crippen molar-refractivity contribution in [1.29, 1.82) is 0 Å². The summed E-state index contributed by atoms with van der Waals surface area (Å²) in [5.41, 5.74) is 15.1. The van der Waals surface area contributed by atoms with E-state index in [1.165, 1.54) is 39.2 Å². The highest BCUT2D eigenvalue weighted by molar-refractivity contribution is 5.88. The molecular weight excluding hydrogens is 606 g/mol. The predicted octanol–water partition coefficient (Wildman–Crippen LogP) is 6.03. The molecule has 0 saturated heterocycles. The van der Waals surface area contributed by atoms with Crippen molar-refractivity contribution in [3.05, 3.63) is 79.7 Å². The highest BCUT2D eigenvalue weighted by Gasteiger charge is 2.22. The van der Waals surface area contributed by atoms with E-state index in [4.69, 9.17) is 19.5 Å². The average Bonchev–Trinajstić information content (AvgIpc) is 3.69. The van der Waals surface area contributed by atoms with Crippen LogP contribution in [0.15, 0.2) is 22.1 Å². The first-order chi connectivity index (χ1) is 23.4. The number of aliphatic hydroxyl groups excluding tert-OH is 3. The minimum Gasteiger partial charge on any atom is -0.493 e. The first-order valence-corrected chi connectivity index (χ1v) is 17.2. The number of methoxy groups -OCH3 is 1. The highest BCUT2D eigenvalue weighted by Crippen LogP contribution is 2.40. The number of H-pyrrole nitrogens is 3. The summed E-state index contributed by atoms with van der Waals surface area (Å²) in [7, 11) is 1.60. The lowest BCUT2D eigenvalue weighted by Crippen LogP contribution is -2.01.